The molecule has 0 heterocycles. The molecule has 2 atom stereocenters. The van der Waals surface area contributed by atoms with E-state index >= 15 is 0 Å². The molecule has 1 aromatic rings. The minimum atomic E-state index is -1.02. The van der Waals surface area contributed by atoms with Crippen LogP contribution in [0.2, 0.25) is 0 Å². The second kappa shape index (κ2) is 9.13. The second-order valence-corrected chi connectivity index (χ2v) is 5.41. The lowest BCUT2D eigenvalue weighted by Crippen LogP contribution is -2.32. The monoisotopic (exact) mass is 302 g/mol. The van der Waals surface area contributed by atoms with E-state index in [1.54, 1.807) is 0 Å². The van der Waals surface area contributed by atoms with Crippen LogP contribution in [0.25, 0.3) is 0 Å². The van der Waals surface area contributed by atoms with Gasteiger partial charge in [-0.1, -0.05) is 51.1 Å². The molecule has 0 saturated heterocycles. The Morgan fingerprint density at radius 1 is 1.18 bits per heavy atom. The minimum absolute atomic E-state index is 0.0301. The van der Waals surface area contributed by atoms with Gasteiger partial charge < -0.3 is 5.11 Å². The molecule has 1 aliphatic rings. The van der Waals surface area contributed by atoms with Crippen molar-refractivity contribution in [2.24, 2.45) is 22.0 Å². The molecule has 2 rings (SSSR count). The number of carboxylic acids is 1. The van der Waals surface area contributed by atoms with Crippen LogP contribution in [0.1, 0.15) is 46.1 Å². The van der Waals surface area contributed by atoms with Gasteiger partial charge in [-0.3, -0.25) is 0 Å². The average Bonchev–Trinajstić information content (AvgIpc) is 2.53. The smallest absolute Gasteiger partial charge is 0.351 e. The van der Waals surface area contributed by atoms with Gasteiger partial charge in [-0.2, -0.15) is 5.10 Å². The van der Waals surface area contributed by atoms with E-state index < -0.39 is 5.97 Å². The van der Waals surface area contributed by atoms with Gasteiger partial charge in [0.2, 0.25) is 0 Å². The molecule has 1 aliphatic carbocycles. The Morgan fingerprint density at radius 3 is 2.27 bits per heavy atom. The number of carbonyl (C=O) groups is 1. The highest BCUT2D eigenvalue weighted by molar-refractivity contribution is 6.34. The lowest BCUT2D eigenvalue weighted by molar-refractivity contribution is -0.129. The van der Waals surface area contributed by atoms with Gasteiger partial charge in [0.25, 0.3) is 0 Å². The lowest BCUT2D eigenvalue weighted by Gasteiger charge is -2.34. The van der Waals surface area contributed by atoms with Crippen molar-refractivity contribution in [3.63, 3.8) is 0 Å². The fourth-order valence-electron chi connectivity index (χ4n) is 2.39. The Hall–Kier alpha value is -1.97. The van der Waals surface area contributed by atoms with Gasteiger partial charge in [0.15, 0.2) is 0 Å². The van der Waals surface area contributed by atoms with E-state index in [2.05, 4.69) is 29.3 Å². The van der Waals surface area contributed by atoms with Gasteiger partial charge >= 0.3 is 5.97 Å². The maximum atomic E-state index is 10.8. The highest BCUT2D eigenvalue weighted by Crippen LogP contribution is 2.35. The fourth-order valence-corrected chi connectivity index (χ4v) is 2.39. The van der Waals surface area contributed by atoms with Crippen LogP contribution in [-0.4, -0.2) is 22.5 Å². The molecule has 120 valence electrons. The number of rotatable bonds is 5. The van der Waals surface area contributed by atoms with Crippen LogP contribution in [-0.2, 0) is 11.2 Å². The number of hydrogen-bond donors (Lipinski definition) is 1. The standard InChI is InChI=1S/C16H20N2O2.C2H6/c1-11-8-9-14(11)15(18-17-12(2)16(19)20)10-13-6-4-3-5-7-13;1-2/h3-7,11,14H,8-10H2,1-2H3,(H,19,20);1-2H3/b17-12+,18-15-;. The highest BCUT2D eigenvalue weighted by atomic mass is 16.4. The Labute approximate surface area is 133 Å². The molecule has 0 aromatic heterocycles. The normalized spacial score (nSPS) is 21.5. The summed E-state index contributed by atoms with van der Waals surface area (Å²) in [5.41, 5.74) is 2.21. The van der Waals surface area contributed by atoms with E-state index in [0.29, 0.717) is 11.8 Å². The second-order valence-electron chi connectivity index (χ2n) is 5.41. The van der Waals surface area contributed by atoms with Crippen LogP contribution >= 0.6 is 0 Å². The third kappa shape index (κ3) is 5.10. The first kappa shape index (κ1) is 18.1. The van der Waals surface area contributed by atoms with Crippen LogP contribution < -0.4 is 0 Å². The largest absolute Gasteiger partial charge is 0.477 e. The zero-order valence-electron chi connectivity index (χ0n) is 13.9. The predicted molar refractivity (Wildman–Crippen MR) is 91.6 cm³/mol. The summed E-state index contributed by atoms with van der Waals surface area (Å²) in [6, 6.07) is 10.1. The van der Waals surface area contributed by atoms with E-state index in [1.807, 2.05) is 32.0 Å². The van der Waals surface area contributed by atoms with Crippen molar-refractivity contribution in [3.8, 4) is 0 Å². The Morgan fingerprint density at radius 2 is 1.82 bits per heavy atom. The zero-order chi connectivity index (χ0) is 16.5. The van der Waals surface area contributed by atoms with Gasteiger partial charge in [-0.15, -0.1) is 5.10 Å². The number of benzene rings is 1. The molecular formula is C18H26N2O2. The molecule has 2 unspecified atom stereocenters. The van der Waals surface area contributed by atoms with Crippen LogP contribution in [0.4, 0.5) is 0 Å². The lowest BCUT2D eigenvalue weighted by atomic mass is 9.71. The van der Waals surface area contributed by atoms with Crippen molar-refractivity contribution in [2.45, 2.75) is 47.0 Å². The molecule has 0 bridgehead atoms. The molecule has 1 fully saturated rings. The molecular weight excluding hydrogens is 276 g/mol. The summed E-state index contributed by atoms with van der Waals surface area (Å²) in [5.74, 6) is 0.0211. The van der Waals surface area contributed by atoms with Crippen molar-refractivity contribution >= 4 is 17.4 Å². The van der Waals surface area contributed by atoms with Crippen molar-refractivity contribution in [3.05, 3.63) is 35.9 Å². The van der Waals surface area contributed by atoms with E-state index in [9.17, 15) is 4.79 Å². The number of hydrogen-bond acceptors (Lipinski definition) is 3. The Bertz CT molecular complexity index is 535. The third-order valence-electron chi connectivity index (χ3n) is 3.91. The predicted octanol–water partition coefficient (Wildman–Crippen LogP) is 4.20. The van der Waals surface area contributed by atoms with Crippen molar-refractivity contribution in [2.75, 3.05) is 0 Å². The molecule has 0 radical (unpaired) electrons. The van der Waals surface area contributed by atoms with Gasteiger partial charge in [-0.25, -0.2) is 4.79 Å². The Kier molecular flexibility index (Phi) is 7.50. The third-order valence-corrected chi connectivity index (χ3v) is 3.91. The van der Waals surface area contributed by atoms with Crippen LogP contribution in [0.3, 0.4) is 0 Å². The van der Waals surface area contributed by atoms with Crippen LogP contribution in [0.15, 0.2) is 40.5 Å². The van der Waals surface area contributed by atoms with E-state index in [4.69, 9.17) is 5.11 Å². The van der Waals surface area contributed by atoms with Crippen molar-refractivity contribution in [1.82, 2.24) is 0 Å². The maximum Gasteiger partial charge on any atom is 0.351 e. The first-order valence-electron chi connectivity index (χ1n) is 7.96. The SMILES string of the molecule is C/C(=N\N=C(\Cc1ccccc1)C1CCC1C)C(=O)O.CC. The molecule has 1 N–H and O–H groups in total. The highest BCUT2D eigenvalue weighted by Gasteiger charge is 2.31. The zero-order valence-corrected chi connectivity index (χ0v) is 13.9. The summed E-state index contributed by atoms with van der Waals surface area (Å²) in [5, 5.41) is 16.9. The molecule has 0 aliphatic heterocycles. The molecule has 1 saturated carbocycles. The molecule has 0 amide bonds. The van der Waals surface area contributed by atoms with E-state index in [1.165, 1.54) is 18.9 Å². The minimum Gasteiger partial charge on any atom is -0.477 e. The van der Waals surface area contributed by atoms with Crippen molar-refractivity contribution in [1.29, 1.82) is 0 Å². The summed E-state index contributed by atoms with van der Waals surface area (Å²) in [6.45, 7) is 7.68. The molecule has 1 aromatic carbocycles. The molecule has 0 spiro atoms. The molecule has 4 nitrogen and oxygen atoms in total. The van der Waals surface area contributed by atoms with Gasteiger partial charge in [-0.05, 0) is 31.2 Å². The Balaban J connectivity index is 0.00000116. The van der Waals surface area contributed by atoms with Gasteiger partial charge in [0, 0.05) is 18.1 Å². The quantitative estimate of drug-likeness (QED) is 0.654. The number of nitrogens with zero attached hydrogens (tertiary/aromatic N) is 2. The van der Waals surface area contributed by atoms with Gasteiger partial charge in [0.1, 0.15) is 5.71 Å². The molecule has 4 heteroatoms. The van der Waals surface area contributed by atoms with Crippen LogP contribution in [0.5, 0.6) is 0 Å². The van der Waals surface area contributed by atoms with E-state index in [0.717, 1.165) is 18.6 Å². The van der Waals surface area contributed by atoms with Gasteiger partial charge in [0.05, 0.1) is 0 Å². The summed E-state index contributed by atoms with van der Waals surface area (Å²) >= 11 is 0. The summed E-state index contributed by atoms with van der Waals surface area (Å²) in [6.07, 6.45) is 3.07. The number of carboxylic acid groups (broad SMARTS) is 1. The maximum absolute atomic E-state index is 10.8. The summed E-state index contributed by atoms with van der Waals surface area (Å²) in [7, 11) is 0. The summed E-state index contributed by atoms with van der Waals surface area (Å²) in [4.78, 5) is 10.8. The molecule has 22 heavy (non-hydrogen) atoms. The topological polar surface area (TPSA) is 62.0 Å². The van der Waals surface area contributed by atoms with E-state index in [-0.39, 0.29) is 5.71 Å². The fraction of sp³-hybridized carbons (Fsp3) is 0.500. The summed E-state index contributed by atoms with van der Waals surface area (Å²) < 4.78 is 0. The van der Waals surface area contributed by atoms with Crippen LogP contribution in [0, 0.1) is 11.8 Å². The average molecular weight is 302 g/mol. The van der Waals surface area contributed by atoms with Crippen molar-refractivity contribution < 1.29 is 9.90 Å². The first-order valence-corrected chi connectivity index (χ1v) is 7.96. The number of aliphatic carboxylic acids is 1. The first-order chi connectivity index (χ1) is 10.6.